The Hall–Kier alpha value is -0.670. The van der Waals surface area contributed by atoms with E-state index in [1.165, 1.54) is 6.21 Å². The number of halogens is 3. The van der Waals surface area contributed by atoms with Gasteiger partial charge < -0.3 is 0 Å². The first-order valence-corrected chi connectivity index (χ1v) is 4.44. The van der Waals surface area contributed by atoms with Gasteiger partial charge in [0, 0.05) is 17.3 Å². The minimum Gasteiger partial charge on any atom is -0.285 e. The lowest BCUT2D eigenvalue weighted by Crippen LogP contribution is -1.98. The maximum atomic E-state index is 13.4. The fourth-order valence-corrected chi connectivity index (χ4v) is 1.79. The number of hydrogen-bond donors (Lipinski definition) is 0. The van der Waals surface area contributed by atoms with Gasteiger partial charge >= 0.3 is 0 Å². The molecule has 2 nitrogen and oxygen atoms in total. The van der Waals surface area contributed by atoms with E-state index < -0.39 is 5.82 Å². The monoisotopic (exact) mass is 218 g/mol. The first-order chi connectivity index (χ1) is 6.11. The number of aromatic nitrogens is 1. The van der Waals surface area contributed by atoms with Crippen LogP contribution < -0.4 is 0 Å². The highest BCUT2D eigenvalue weighted by Gasteiger charge is 2.24. The smallest absolute Gasteiger partial charge is 0.166 e. The molecule has 68 valence electrons. The molecule has 0 aromatic carbocycles. The van der Waals surface area contributed by atoms with Crippen LogP contribution in [0.4, 0.5) is 4.39 Å². The predicted octanol–water partition coefficient (Wildman–Crippen LogP) is 3.02. The highest BCUT2D eigenvalue weighted by molar-refractivity contribution is 6.34. The molecule has 13 heavy (non-hydrogen) atoms. The van der Waals surface area contributed by atoms with Crippen molar-refractivity contribution in [1.82, 2.24) is 4.98 Å². The highest BCUT2D eigenvalue weighted by atomic mass is 35.5. The summed E-state index contributed by atoms with van der Waals surface area (Å²) in [5, 5.41) is 0.00981. The zero-order valence-electron chi connectivity index (χ0n) is 6.68. The van der Waals surface area contributed by atoms with Gasteiger partial charge in [-0.05, 0) is 6.92 Å². The lowest BCUT2D eigenvalue weighted by Gasteiger charge is -2.06. The van der Waals surface area contributed by atoms with Gasteiger partial charge in [0.05, 0.1) is 6.04 Å². The molecule has 0 aliphatic carbocycles. The average Bonchev–Trinajstić information content (AvgIpc) is 2.44. The van der Waals surface area contributed by atoms with E-state index in [9.17, 15) is 4.39 Å². The Morgan fingerprint density at radius 3 is 2.77 bits per heavy atom. The van der Waals surface area contributed by atoms with Crippen LogP contribution in [0.5, 0.6) is 0 Å². The van der Waals surface area contributed by atoms with E-state index in [1.54, 1.807) is 6.92 Å². The van der Waals surface area contributed by atoms with Crippen molar-refractivity contribution in [2.75, 3.05) is 0 Å². The number of nitrogens with zero attached hydrogens (tertiary/aromatic N) is 2. The van der Waals surface area contributed by atoms with Gasteiger partial charge in [-0.2, -0.15) is 0 Å². The van der Waals surface area contributed by atoms with Crippen molar-refractivity contribution in [2.45, 2.75) is 13.0 Å². The van der Waals surface area contributed by atoms with Crippen molar-refractivity contribution in [3.05, 3.63) is 27.3 Å². The molecule has 2 heterocycles. The zero-order valence-corrected chi connectivity index (χ0v) is 8.19. The lowest BCUT2D eigenvalue weighted by molar-refractivity contribution is 0.592. The minimum absolute atomic E-state index is 0.193. The Morgan fingerprint density at radius 2 is 2.08 bits per heavy atom. The Kier molecular flexibility index (Phi) is 2.00. The second-order valence-corrected chi connectivity index (χ2v) is 3.50. The summed E-state index contributed by atoms with van der Waals surface area (Å²) < 4.78 is 13.4. The summed E-state index contributed by atoms with van der Waals surface area (Å²) >= 11 is 11.3. The van der Waals surface area contributed by atoms with Gasteiger partial charge in [-0.3, -0.25) is 4.99 Å². The van der Waals surface area contributed by atoms with Gasteiger partial charge in [0.1, 0.15) is 5.15 Å². The molecular formula is C8H5Cl2FN2. The third-order valence-electron chi connectivity index (χ3n) is 1.97. The highest BCUT2D eigenvalue weighted by Crippen LogP contribution is 2.34. The molecule has 0 saturated carbocycles. The Morgan fingerprint density at radius 1 is 1.38 bits per heavy atom. The van der Waals surface area contributed by atoms with Crippen LogP contribution in [0.1, 0.15) is 24.1 Å². The van der Waals surface area contributed by atoms with E-state index in [0.29, 0.717) is 11.1 Å². The molecular weight excluding hydrogens is 214 g/mol. The van der Waals surface area contributed by atoms with Crippen molar-refractivity contribution in [1.29, 1.82) is 0 Å². The molecule has 1 aliphatic rings. The predicted molar refractivity (Wildman–Crippen MR) is 50.2 cm³/mol. The summed E-state index contributed by atoms with van der Waals surface area (Å²) in [7, 11) is 0. The van der Waals surface area contributed by atoms with Crippen LogP contribution in [0.2, 0.25) is 10.3 Å². The van der Waals surface area contributed by atoms with Crippen LogP contribution in [0.25, 0.3) is 0 Å². The van der Waals surface area contributed by atoms with E-state index in [1.807, 2.05) is 0 Å². The summed E-state index contributed by atoms with van der Waals surface area (Å²) in [5.74, 6) is -0.522. The van der Waals surface area contributed by atoms with E-state index in [0.717, 1.165) is 0 Å². The number of aliphatic imine (C=N–C) groups is 1. The van der Waals surface area contributed by atoms with Crippen LogP contribution in [-0.2, 0) is 0 Å². The molecule has 0 saturated heterocycles. The largest absolute Gasteiger partial charge is 0.285 e. The summed E-state index contributed by atoms with van der Waals surface area (Å²) in [6, 6.07) is -0.229. The summed E-state index contributed by atoms with van der Waals surface area (Å²) in [6.07, 6.45) is 1.52. The van der Waals surface area contributed by atoms with Gasteiger partial charge in [-0.1, -0.05) is 23.2 Å². The SMILES string of the molecule is CC1N=Cc2c(Cl)nc(Cl)c(F)c21. The van der Waals surface area contributed by atoms with Gasteiger partial charge in [0.25, 0.3) is 0 Å². The normalized spacial score (nSPS) is 19.2. The molecule has 0 bridgehead atoms. The standard InChI is InChI=1S/C8H5Cl2FN2/c1-3-5-4(2-12-3)7(9)13-8(10)6(5)11/h2-3H,1H3. The first-order valence-electron chi connectivity index (χ1n) is 3.69. The second kappa shape index (κ2) is 2.93. The third-order valence-corrected chi connectivity index (χ3v) is 2.51. The average molecular weight is 219 g/mol. The fraction of sp³-hybridized carbons (Fsp3) is 0.250. The van der Waals surface area contributed by atoms with Crippen LogP contribution in [-0.4, -0.2) is 11.2 Å². The maximum absolute atomic E-state index is 13.4. The third kappa shape index (κ3) is 1.23. The number of fused-ring (bicyclic) bond motifs is 1. The fourth-order valence-electron chi connectivity index (χ4n) is 1.33. The quantitative estimate of drug-likeness (QED) is 0.615. The van der Waals surface area contributed by atoms with Crippen LogP contribution in [0.15, 0.2) is 4.99 Å². The van der Waals surface area contributed by atoms with E-state index in [4.69, 9.17) is 23.2 Å². The molecule has 1 unspecified atom stereocenters. The number of pyridine rings is 1. The number of hydrogen-bond acceptors (Lipinski definition) is 2. The van der Waals surface area contributed by atoms with Gasteiger partial charge in [0.2, 0.25) is 0 Å². The molecule has 0 radical (unpaired) electrons. The van der Waals surface area contributed by atoms with Crippen LogP contribution >= 0.6 is 23.2 Å². The van der Waals surface area contributed by atoms with Gasteiger partial charge in [-0.25, -0.2) is 9.37 Å². The summed E-state index contributed by atoms with van der Waals surface area (Å²) in [6.45, 7) is 1.78. The Labute approximate surface area is 84.4 Å². The minimum atomic E-state index is -0.522. The van der Waals surface area contributed by atoms with Gasteiger partial charge in [0.15, 0.2) is 11.0 Å². The van der Waals surface area contributed by atoms with Crippen molar-refractivity contribution < 1.29 is 4.39 Å². The second-order valence-electron chi connectivity index (χ2n) is 2.79. The number of rotatable bonds is 0. The molecule has 2 rings (SSSR count). The molecule has 1 aromatic heterocycles. The Bertz CT molecular complexity index is 404. The molecule has 1 atom stereocenters. The molecule has 0 amide bonds. The van der Waals surface area contributed by atoms with Crippen molar-refractivity contribution in [2.24, 2.45) is 4.99 Å². The Balaban J connectivity index is 2.75. The molecule has 1 aromatic rings. The van der Waals surface area contributed by atoms with Crippen molar-refractivity contribution in [3.8, 4) is 0 Å². The molecule has 0 fully saturated rings. The topological polar surface area (TPSA) is 25.2 Å². The van der Waals surface area contributed by atoms with Crippen LogP contribution in [0.3, 0.4) is 0 Å². The molecule has 0 spiro atoms. The summed E-state index contributed by atoms with van der Waals surface area (Å²) in [5.41, 5.74) is 0.973. The maximum Gasteiger partial charge on any atom is 0.166 e. The zero-order chi connectivity index (χ0) is 9.59. The van der Waals surface area contributed by atoms with E-state index in [2.05, 4.69) is 9.98 Å². The molecule has 1 aliphatic heterocycles. The van der Waals surface area contributed by atoms with Gasteiger partial charge in [-0.15, -0.1) is 0 Å². The molecule has 0 N–H and O–H groups in total. The summed E-state index contributed by atoms with van der Waals surface area (Å²) in [4.78, 5) is 7.66. The molecule has 5 heteroatoms. The first kappa shape index (κ1) is 8.91. The van der Waals surface area contributed by atoms with E-state index >= 15 is 0 Å². The van der Waals surface area contributed by atoms with Crippen molar-refractivity contribution in [3.63, 3.8) is 0 Å². The van der Waals surface area contributed by atoms with Crippen LogP contribution in [0, 0.1) is 5.82 Å². The van der Waals surface area contributed by atoms with Crippen molar-refractivity contribution >= 4 is 29.4 Å². The van der Waals surface area contributed by atoms with E-state index in [-0.39, 0.29) is 16.3 Å². The lowest BCUT2D eigenvalue weighted by atomic mass is 10.1.